The van der Waals surface area contributed by atoms with Crippen LogP contribution in [0.4, 0.5) is 15.9 Å². The van der Waals surface area contributed by atoms with Crippen molar-refractivity contribution in [3.63, 3.8) is 0 Å². The summed E-state index contributed by atoms with van der Waals surface area (Å²) in [7, 11) is 1.73. The average Bonchev–Trinajstić information content (AvgIpc) is 2.97. The Labute approximate surface area is 171 Å². The van der Waals surface area contributed by atoms with Crippen LogP contribution in [0.2, 0.25) is 0 Å². The first-order valence-electron chi connectivity index (χ1n) is 9.01. The molecule has 152 valence electrons. The van der Waals surface area contributed by atoms with Gasteiger partial charge in [0.15, 0.2) is 0 Å². The summed E-state index contributed by atoms with van der Waals surface area (Å²) in [4.78, 5) is 36.4. The molecule has 7 nitrogen and oxygen atoms in total. The zero-order valence-electron chi connectivity index (χ0n) is 16.6. The maximum absolute atomic E-state index is 13.3. The van der Waals surface area contributed by atoms with Crippen LogP contribution in [0.25, 0.3) is 10.2 Å². The zero-order valence-corrected chi connectivity index (χ0v) is 17.4. The first-order valence-corrected chi connectivity index (χ1v) is 9.83. The van der Waals surface area contributed by atoms with Crippen LogP contribution in [0.3, 0.4) is 0 Å². The van der Waals surface area contributed by atoms with E-state index < -0.39 is 11.8 Å². The van der Waals surface area contributed by atoms with Crippen LogP contribution in [-0.4, -0.2) is 42.0 Å². The van der Waals surface area contributed by atoms with Crippen molar-refractivity contribution in [1.29, 1.82) is 0 Å². The van der Waals surface area contributed by atoms with Gasteiger partial charge in [-0.3, -0.25) is 4.79 Å². The number of carbonyl (C=O) groups is 2. The predicted molar refractivity (Wildman–Crippen MR) is 111 cm³/mol. The number of likely N-dealkylation sites (N-methyl/N-ethyl adjacent to an activating group) is 1. The summed E-state index contributed by atoms with van der Waals surface area (Å²) in [5, 5.41) is 3.38. The number of aromatic nitrogens is 2. The van der Waals surface area contributed by atoms with Crippen molar-refractivity contribution >= 4 is 44.9 Å². The van der Waals surface area contributed by atoms with Crippen LogP contribution in [0, 0.1) is 19.7 Å². The summed E-state index contributed by atoms with van der Waals surface area (Å²) in [6.07, 6.45) is 0. The molecule has 1 aromatic carbocycles. The number of rotatable bonds is 6. The molecule has 0 bridgehead atoms. The fourth-order valence-electron chi connectivity index (χ4n) is 2.95. The van der Waals surface area contributed by atoms with Gasteiger partial charge in [-0.15, -0.1) is 11.3 Å². The Bertz CT molecular complexity index is 1080. The van der Waals surface area contributed by atoms with E-state index in [4.69, 9.17) is 4.74 Å². The number of halogens is 1. The van der Waals surface area contributed by atoms with E-state index >= 15 is 0 Å². The van der Waals surface area contributed by atoms with Crippen molar-refractivity contribution in [3.05, 3.63) is 46.3 Å². The third-order valence-electron chi connectivity index (χ3n) is 4.19. The summed E-state index contributed by atoms with van der Waals surface area (Å²) >= 11 is 1.25. The van der Waals surface area contributed by atoms with Gasteiger partial charge in [0.25, 0.3) is 0 Å². The summed E-state index contributed by atoms with van der Waals surface area (Å²) in [5.74, 6) is -0.0680. The first-order chi connectivity index (χ1) is 13.8. The number of nitrogens with one attached hydrogen (secondary N) is 1. The molecule has 3 rings (SSSR count). The number of anilines is 2. The molecular formula is C20H21FN4O3S. The lowest BCUT2D eigenvalue weighted by Gasteiger charge is -2.19. The van der Waals surface area contributed by atoms with Crippen molar-refractivity contribution in [1.82, 2.24) is 9.97 Å². The maximum atomic E-state index is 13.3. The molecule has 0 aliphatic heterocycles. The van der Waals surface area contributed by atoms with Crippen molar-refractivity contribution in [2.75, 3.05) is 30.4 Å². The molecule has 0 saturated heterocycles. The van der Waals surface area contributed by atoms with Gasteiger partial charge in [-0.25, -0.2) is 19.2 Å². The molecule has 0 spiro atoms. The number of fused-ring (bicyclic) bond motifs is 1. The smallest absolute Gasteiger partial charge is 0.348 e. The van der Waals surface area contributed by atoms with E-state index in [2.05, 4.69) is 15.3 Å². The van der Waals surface area contributed by atoms with Gasteiger partial charge in [-0.05, 0) is 44.5 Å². The summed E-state index contributed by atoms with van der Waals surface area (Å²) in [6.45, 7) is 5.59. The quantitative estimate of drug-likeness (QED) is 0.617. The van der Waals surface area contributed by atoms with Gasteiger partial charge in [0, 0.05) is 12.7 Å². The van der Waals surface area contributed by atoms with Crippen molar-refractivity contribution < 1.29 is 18.7 Å². The lowest BCUT2D eigenvalue weighted by molar-refractivity contribution is -0.114. The average molecular weight is 416 g/mol. The van der Waals surface area contributed by atoms with Gasteiger partial charge in [0.05, 0.1) is 18.5 Å². The lowest BCUT2D eigenvalue weighted by atomic mass is 10.2. The van der Waals surface area contributed by atoms with E-state index in [1.807, 2.05) is 6.92 Å². The van der Waals surface area contributed by atoms with Crippen molar-refractivity contribution in [3.8, 4) is 0 Å². The predicted octanol–water partition coefficient (Wildman–Crippen LogP) is 3.70. The number of aryl methyl sites for hydroxylation is 2. The van der Waals surface area contributed by atoms with E-state index in [0.29, 0.717) is 32.4 Å². The van der Waals surface area contributed by atoms with Gasteiger partial charge in [-0.1, -0.05) is 6.07 Å². The molecule has 1 amide bonds. The summed E-state index contributed by atoms with van der Waals surface area (Å²) < 4.78 is 18.4. The highest BCUT2D eigenvalue weighted by atomic mass is 32.1. The second-order valence-electron chi connectivity index (χ2n) is 6.47. The van der Waals surface area contributed by atoms with E-state index in [9.17, 15) is 14.0 Å². The molecule has 0 aliphatic carbocycles. The molecular weight excluding hydrogens is 395 g/mol. The molecule has 1 N–H and O–H groups in total. The van der Waals surface area contributed by atoms with Crippen LogP contribution in [0.15, 0.2) is 24.3 Å². The van der Waals surface area contributed by atoms with Crippen LogP contribution < -0.4 is 10.2 Å². The third-order valence-corrected chi connectivity index (χ3v) is 5.36. The van der Waals surface area contributed by atoms with Gasteiger partial charge in [0.1, 0.15) is 27.2 Å². The molecule has 0 saturated carbocycles. The number of thiophene rings is 1. The van der Waals surface area contributed by atoms with E-state index in [1.165, 1.54) is 29.5 Å². The molecule has 2 heterocycles. The Hall–Kier alpha value is -3.07. The highest BCUT2D eigenvalue weighted by molar-refractivity contribution is 7.20. The van der Waals surface area contributed by atoms with Crippen LogP contribution in [-0.2, 0) is 9.53 Å². The number of nitrogens with zero attached hydrogens (tertiary/aromatic N) is 3. The molecule has 0 fully saturated rings. The molecule has 0 unspecified atom stereocenters. The normalized spacial score (nSPS) is 10.8. The zero-order chi connectivity index (χ0) is 21.1. The van der Waals surface area contributed by atoms with Crippen molar-refractivity contribution in [2.24, 2.45) is 0 Å². The molecule has 0 radical (unpaired) electrons. The first kappa shape index (κ1) is 20.7. The van der Waals surface area contributed by atoms with Gasteiger partial charge in [0.2, 0.25) is 5.91 Å². The van der Waals surface area contributed by atoms with Crippen LogP contribution >= 0.6 is 11.3 Å². The van der Waals surface area contributed by atoms with Crippen molar-refractivity contribution in [2.45, 2.75) is 20.8 Å². The second-order valence-corrected chi connectivity index (χ2v) is 7.46. The van der Waals surface area contributed by atoms with E-state index in [1.54, 1.807) is 31.9 Å². The fourth-order valence-corrected chi connectivity index (χ4v) is 4.06. The number of hydrogen-bond acceptors (Lipinski definition) is 7. The van der Waals surface area contributed by atoms with Gasteiger partial charge >= 0.3 is 5.97 Å². The summed E-state index contributed by atoms with van der Waals surface area (Å²) in [5.41, 5.74) is 1.10. The lowest BCUT2D eigenvalue weighted by Crippen LogP contribution is -2.31. The molecule has 2 aromatic heterocycles. The Morgan fingerprint density at radius 2 is 2.03 bits per heavy atom. The van der Waals surface area contributed by atoms with E-state index in [-0.39, 0.29) is 19.1 Å². The summed E-state index contributed by atoms with van der Waals surface area (Å²) in [6, 6.07) is 5.70. The number of ether oxygens (including phenoxy) is 1. The highest BCUT2D eigenvalue weighted by Gasteiger charge is 2.23. The number of hydrogen-bond donors (Lipinski definition) is 1. The van der Waals surface area contributed by atoms with Crippen LogP contribution in [0.1, 0.15) is 28.0 Å². The Morgan fingerprint density at radius 1 is 1.28 bits per heavy atom. The molecule has 29 heavy (non-hydrogen) atoms. The van der Waals surface area contributed by atoms with E-state index in [0.717, 1.165) is 5.56 Å². The number of amides is 1. The Morgan fingerprint density at radius 3 is 2.72 bits per heavy atom. The minimum Gasteiger partial charge on any atom is -0.462 e. The highest BCUT2D eigenvalue weighted by Crippen LogP contribution is 2.35. The maximum Gasteiger partial charge on any atom is 0.348 e. The topological polar surface area (TPSA) is 84.4 Å². The third kappa shape index (κ3) is 4.51. The van der Waals surface area contributed by atoms with Crippen LogP contribution in [0.5, 0.6) is 0 Å². The monoisotopic (exact) mass is 416 g/mol. The number of carbonyl (C=O) groups excluding carboxylic acids is 2. The standard InChI is InChI=1S/C20H21FN4O3S/c1-5-28-20(27)17-11(2)16-18(22-12(3)23-19(16)29-17)25(4)10-15(26)24-14-8-6-7-13(21)9-14/h6-9H,5,10H2,1-4H3,(H,24,26). The SMILES string of the molecule is CCOC(=O)c1sc2nc(C)nc(N(C)CC(=O)Nc3cccc(F)c3)c2c1C. The largest absolute Gasteiger partial charge is 0.462 e. The van der Waals surface area contributed by atoms with Gasteiger partial charge < -0.3 is 15.0 Å². The molecule has 9 heteroatoms. The molecule has 3 aromatic rings. The Balaban J connectivity index is 1.89. The Kier molecular flexibility index (Phi) is 6.07. The molecule has 0 aliphatic rings. The minimum atomic E-state index is -0.426. The second kappa shape index (κ2) is 8.52. The minimum absolute atomic E-state index is 0.00784. The van der Waals surface area contributed by atoms with Gasteiger partial charge in [-0.2, -0.15) is 0 Å². The number of esters is 1. The fraction of sp³-hybridized carbons (Fsp3) is 0.300. The number of benzene rings is 1. The molecule has 0 atom stereocenters.